The fourth-order valence-electron chi connectivity index (χ4n) is 2.50. The zero-order valence-corrected chi connectivity index (χ0v) is 13.4. The van der Waals surface area contributed by atoms with Crippen molar-refractivity contribution < 1.29 is 13.9 Å². The van der Waals surface area contributed by atoms with Crippen molar-refractivity contribution in [2.24, 2.45) is 5.92 Å². The minimum atomic E-state index is 0.0121. The normalized spacial score (nSPS) is 18.3. The van der Waals surface area contributed by atoms with E-state index in [1.165, 1.54) is 11.3 Å². The van der Waals surface area contributed by atoms with Crippen LogP contribution in [0.1, 0.15) is 24.3 Å². The average molecular weight is 320 g/mol. The van der Waals surface area contributed by atoms with Gasteiger partial charge in [-0.3, -0.25) is 4.79 Å². The summed E-state index contributed by atoms with van der Waals surface area (Å²) in [4.78, 5) is 16.5. The summed E-state index contributed by atoms with van der Waals surface area (Å²) in [5.41, 5.74) is 0.784. The number of rotatable bonds is 5. The van der Waals surface area contributed by atoms with Gasteiger partial charge in [0, 0.05) is 18.5 Å². The van der Waals surface area contributed by atoms with E-state index in [-0.39, 0.29) is 5.91 Å². The molecule has 2 aromatic rings. The quantitative estimate of drug-likeness (QED) is 0.920. The van der Waals surface area contributed by atoms with Crippen molar-refractivity contribution in [2.75, 3.05) is 19.8 Å². The third-order valence-corrected chi connectivity index (χ3v) is 4.59. The van der Waals surface area contributed by atoms with Gasteiger partial charge in [0.25, 0.3) is 0 Å². The Balaban J connectivity index is 1.50. The van der Waals surface area contributed by atoms with Gasteiger partial charge in [-0.25, -0.2) is 4.98 Å². The van der Waals surface area contributed by atoms with E-state index in [2.05, 4.69) is 10.3 Å². The van der Waals surface area contributed by atoms with E-state index >= 15 is 0 Å². The third kappa shape index (κ3) is 3.96. The highest BCUT2D eigenvalue weighted by molar-refractivity contribution is 7.13. The summed E-state index contributed by atoms with van der Waals surface area (Å²) in [6, 6.07) is 3.82. The van der Waals surface area contributed by atoms with Crippen LogP contribution in [0.15, 0.2) is 21.9 Å². The van der Waals surface area contributed by atoms with Crippen LogP contribution in [0.3, 0.4) is 0 Å². The maximum Gasteiger partial charge on any atom is 0.226 e. The summed E-state index contributed by atoms with van der Waals surface area (Å²) >= 11 is 1.50. The number of hydrogen-bond donors (Lipinski definition) is 1. The Hall–Kier alpha value is -1.66. The van der Waals surface area contributed by atoms with Gasteiger partial charge >= 0.3 is 0 Å². The second-order valence-electron chi connectivity index (χ2n) is 5.62. The molecule has 22 heavy (non-hydrogen) atoms. The summed E-state index contributed by atoms with van der Waals surface area (Å²) < 4.78 is 11.0. The Morgan fingerprint density at radius 3 is 3.14 bits per heavy atom. The van der Waals surface area contributed by atoms with Gasteiger partial charge in [-0.15, -0.1) is 11.3 Å². The molecule has 1 aliphatic heterocycles. The Morgan fingerprint density at radius 2 is 2.41 bits per heavy atom. The number of hydrogen-bond acceptors (Lipinski definition) is 5. The van der Waals surface area contributed by atoms with E-state index in [0.29, 0.717) is 18.9 Å². The molecule has 0 spiro atoms. The molecule has 1 unspecified atom stereocenters. The molecule has 0 radical (unpaired) electrons. The number of aryl methyl sites for hydroxylation is 1. The summed E-state index contributed by atoms with van der Waals surface area (Å²) in [5, 5.41) is 5.71. The van der Waals surface area contributed by atoms with Crippen LogP contribution >= 0.6 is 11.3 Å². The Bertz CT molecular complexity index is 629. The first-order valence-electron chi connectivity index (χ1n) is 7.56. The van der Waals surface area contributed by atoms with Crippen molar-refractivity contribution in [1.29, 1.82) is 0 Å². The number of ether oxygens (including phenoxy) is 1. The molecular formula is C16H20N2O3S. The first-order valence-corrected chi connectivity index (χ1v) is 8.44. The van der Waals surface area contributed by atoms with Crippen LogP contribution in [0.5, 0.6) is 0 Å². The van der Waals surface area contributed by atoms with Gasteiger partial charge < -0.3 is 14.5 Å². The number of carbonyl (C=O) groups is 1. The lowest BCUT2D eigenvalue weighted by Gasteiger charge is -2.22. The lowest BCUT2D eigenvalue weighted by molar-refractivity contribution is -0.120. The van der Waals surface area contributed by atoms with Crippen LogP contribution < -0.4 is 5.32 Å². The highest BCUT2D eigenvalue weighted by Crippen LogP contribution is 2.25. The largest absolute Gasteiger partial charge is 0.459 e. The number of carbonyl (C=O) groups excluding carboxylic acids is 1. The van der Waals surface area contributed by atoms with Crippen molar-refractivity contribution in [3.05, 3.63) is 29.0 Å². The third-order valence-electron chi connectivity index (χ3n) is 3.69. The molecule has 0 aliphatic carbocycles. The molecule has 1 saturated heterocycles. The molecular weight excluding hydrogens is 300 g/mol. The fraction of sp³-hybridized carbons (Fsp3) is 0.500. The zero-order chi connectivity index (χ0) is 15.4. The van der Waals surface area contributed by atoms with Gasteiger partial charge in [0.05, 0.1) is 18.7 Å². The second-order valence-corrected chi connectivity index (χ2v) is 6.48. The van der Waals surface area contributed by atoms with E-state index in [0.717, 1.165) is 48.3 Å². The number of nitrogens with zero attached hydrogens (tertiary/aromatic N) is 1. The SMILES string of the molecule is Cc1ccc(-c2nc(CC(=O)NCC3CCCOC3)cs2)o1. The molecule has 1 N–H and O–H groups in total. The summed E-state index contributed by atoms with van der Waals surface area (Å²) in [5.74, 6) is 2.07. The van der Waals surface area contributed by atoms with Crippen LogP contribution in [0.25, 0.3) is 10.8 Å². The molecule has 2 aromatic heterocycles. The monoisotopic (exact) mass is 320 g/mol. The van der Waals surface area contributed by atoms with E-state index in [1.54, 1.807) is 0 Å². The molecule has 3 heterocycles. The topological polar surface area (TPSA) is 64.4 Å². The zero-order valence-electron chi connectivity index (χ0n) is 12.6. The maximum absolute atomic E-state index is 12.0. The number of amides is 1. The van der Waals surface area contributed by atoms with Crippen LogP contribution in [-0.4, -0.2) is 30.6 Å². The van der Waals surface area contributed by atoms with E-state index in [9.17, 15) is 4.79 Å². The van der Waals surface area contributed by atoms with Gasteiger partial charge in [0.2, 0.25) is 5.91 Å². The maximum atomic E-state index is 12.0. The first kappa shape index (κ1) is 15.2. The molecule has 1 amide bonds. The van der Waals surface area contributed by atoms with Crippen LogP contribution in [0, 0.1) is 12.8 Å². The molecule has 1 aliphatic rings. The van der Waals surface area contributed by atoms with Gasteiger partial charge in [0.1, 0.15) is 5.76 Å². The standard InChI is InChI=1S/C16H20N2O3S/c1-11-4-5-14(21-11)16-18-13(10-22-16)7-15(19)17-8-12-3-2-6-20-9-12/h4-5,10,12H,2-3,6-9H2,1H3,(H,17,19). The fourth-order valence-corrected chi connectivity index (χ4v) is 3.28. The molecule has 1 atom stereocenters. The van der Waals surface area contributed by atoms with Crippen molar-refractivity contribution in [3.63, 3.8) is 0 Å². The van der Waals surface area contributed by atoms with Crippen molar-refractivity contribution in [3.8, 4) is 10.8 Å². The number of nitrogens with one attached hydrogen (secondary N) is 1. The minimum Gasteiger partial charge on any atom is -0.459 e. The number of aromatic nitrogens is 1. The molecule has 0 saturated carbocycles. The van der Waals surface area contributed by atoms with Gasteiger partial charge in [0.15, 0.2) is 10.8 Å². The highest BCUT2D eigenvalue weighted by atomic mass is 32.1. The Labute approximate surface area is 133 Å². The van der Waals surface area contributed by atoms with E-state index < -0.39 is 0 Å². The van der Waals surface area contributed by atoms with Crippen molar-refractivity contribution >= 4 is 17.2 Å². The summed E-state index contributed by atoms with van der Waals surface area (Å²) in [6.07, 6.45) is 2.52. The first-order chi connectivity index (χ1) is 10.7. The lowest BCUT2D eigenvalue weighted by Crippen LogP contribution is -2.34. The summed E-state index contributed by atoms with van der Waals surface area (Å²) in [7, 11) is 0. The predicted molar refractivity (Wildman–Crippen MR) is 84.8 cm³/mol. The molecule has 3 rings (SSSR count). The summed E-state index contributed by atoms with van der Waals surface area (Å²) in [6.45, 7) is 4.19. The van der Waals surface area contributed by atoms with Crippen LogP contribution in [0.2, 0.25) is 0 Å². The average Bonchev–Trinajstić information content (AvgIpc) is 3.15. The lowest BCUT2D eigenvalue weighted by atomic mass is 10.0. The van der Waals surface area contributed by atoms with Gasteiger partial charge in [-0.1, -0.05) is 0 Å². The number of furan rings is 1. The molecule has 0 bridgehead atoms. The highest BCUT2D eigenvalue weighted by Gasteiger charge is 2.16. The van der Waals surface area contributed by atoms with E-state index in [1.807, 2.05) is 24.4 Å². The molecule has 5 nitrogen and oxygen atoms in total. The molecule has 0 aromatic carbocycles. The van der Waals surface area contributed by atoms with Gasteiger partial charge in [-0.05, 0) is 37.8 Å². The number of thiazole rings is 1. The van der Waals surface area contributed by atoms with Gasteiger partial charge in [-0.2, -0.15) is 0 Å². The molecule has 1 fully saturated rings. The van der Waals surface area contributed by atoms with Crippen molar-refractivity contribution in [1.82, 2.24) is 10.3 Å². The van der Waals surface area contributed by atoms with Crippen LogP contribution in [-0.2, 0) is 16.0 Å². The molecule has 6 heteroatoms. The molecule has 118 valence electrons. The van der Waals surface area contributed by atoms with E-state index in [4.69, 9.17) is 9.15 Å². The van der Waals surface area contributed by atoms with Crippen molar-refractivity contribution in [2.45, 2.75) is 26.2 Å². The van der Waals surface area contributed by atoms with Crippen LogP contribution in [0.4, 0.5) is 0 Å². The second kappa shape index (κ2) is 7.07. The minimum absolute atomic E-state index is 0.0121. The predicted octanol–water partition coefficient (Wildman–Crippen LogP) is 2.80. The Kier molecular flexibility index (Phi) is 4.90. The Morgan fingerprint density at radius 1 is 1.50 bits per heavy atom. The smallest absolute Gasteiger partial charge is 0.226 e.